The van der Waals surface area contributed by atoms with E-state index in [2.05, 4.69) is 52.5 Å². The molecule has 0 spiro atoms. The summed E-state index contributed by atoms with van der Waals surface area (Å²) in [6.45, 7) is 1.09. The molecule has 0 radical (unpaired) electrons. The number of aromatic hydroxyl groups is 5. The second kappa shape index (κ2) is 38.5. The summed E-state index contributed by atoms with van der Waals surface area (Å²) >= 11 is 0. The number of carbonyl (C=O) groups excluding carboxylic acids is 2. The van der Waals surface area contributed by atoms with Crippen LogP contribution in [0.1, 0.15) is 38.3 Å². The van der Waals surface area contributed by atoms with E-state index in [1.807, 2.05) is 66.7 Å². The van der Waals surface area contributed by atoms with Crippen LogP contribution in [0.4, 0.5) is 17.6 Å². The van der Waals surface area contributed by atoms with Gasteiger partial charge in [-0.15, -0.1) is 5.10 Å². The third-order valence-electron chi connectivity index (χ3n) is 18.4. The summed E-state index contributed by atoms with van der Waals surface area (Å²) in [5.74, 6) is -3.73. The van der Waals surface area contributed by atoms with Crippen LogP contribution in [-0.4, -0.2) is 86.7 Å². The van der Waals surface area contributed by atoms with Crippen LogP contribution in [-0.2, 0) is 22.4 Å². The van der Waals surface area contributed by atoms with Crippen LogP contribution in [0.25, 0.3) is 89.4 Å². The van der Waals surface area contributed by atoms with Crippen LogP contribution < -0.4 is 37.3 Å². The number of ether oxygens (including phenoxy) is 2. The Hall–Kier alpha value is -16.7. The molecule has 1 aliphatic heterocycles. The predicted octanol–water partition coefficient (Wildman–Crippen LogP) is 16.4. The first kappa shape index (κ1) is 82.8. The lowest BCUT2D eigenvalue weighted by molar-refractivity contribution is -0.121. The summed E-state index contributed by atoms with van der Waals surface area (Å²) in [5.41, 5.74) is 12.6. The summed E-state index contributed by atoms with van der Waals surface area (Å²) in [6, 6.07) is 75.0. The van der Waals surface area contributed by atoms with Crippen LogP contribution in [0.15, 0.2) is 325 Å². The first-order valence-electron chi connectivity index (χ1n) is 36.1. The first-order chi connectivity index (χ1) is 57.9. The number of carbonyl (C=O) groups is 3. The average Bonchev–Trinajstić information content (AvgIpc) is 0.943. The summed E-state index contributed by atoms with van der Waals surface area (Å²) < 4.78 is 61.8. The quantitative estimate of drug-likeness (QED) is 0.0281. The molecular formula is C92H66F4N8O16. The zero-order valence-corrected chi connectivity index (χ0v) is 62.5. The second-order valence-corrected chi connectivity index (χ2v) is 26.4. The van der Waals surface area contributed by atoms with Crippen LogP contribution in [0.5, 0.6) is 40.2 Å². The minimum atomic E-state index is -1.09. The number of H-pyrrole nitrogens is 5. The van der Waals surface area contributed by atoms with Gasteiger partial charge in [-0.25, -0.2) is 22.4 Å². The number of benzene rings is 10. The molecule has 6 heterocycles. The Bertz CT molecular complexity index is 6590. The smallest absolute Gasteiger partial charge is 0.335 e. The molecule has 0 fully saturated rings. The summed E-state index contributed by atoms with van der Waals surface area (Å²) in [6.07, 6.45) is 2.55. The average molecular weight is 1620 g/mol. The van der Waals surface area contributed by atoms with Gasteiger partial charge in [0.25, 0.3) is 40.7 Å². The molecule has 0 saturated heterocycles. The number of rotatable bonds is 18. The summed E-state index contributed by atoms with van der Waals surface area (Å²) in [7, 11) is 0. The maximum atomic E-state index is 13.3. The van der Waals surface area contributed by atoms with Gasteiger partial charge in [-0.2, -0.15) is 5.11 Å². The molecule has 0 bridgehead atoms. The number of hydrogen-bond acceptors (Lipinski definition) is 18. The van der Waals surface area contributed by atoms with Gasteiger partial charge >= 0.3 is 5.97 Å². The lowest BCUT2D eigenvalue weighted by Gasteiger charge is -2.11. The van der Waals surface area contributed by atoms with E-state index in [1.165, 1.54) is 109 Å². The van der Waals surface area contributed by atoms with Gasteiger partial charge in [0.2, 0.25) is 0 Å². The molecule has 0 amide bonds. The molecule has 11 N–H and O–H groups in total. The molecule has 24 nitrogen and oxygen atoms in total. The number of aromatic nitrogens is 5. The van der Waals surface area contributed by atoms with Gasteiger partial charge in [-0.1, -0.05) is 140 Å². The van der Waals surface area contributed by atoms with Crippen LogP contribution in [0, 0.1) is 23.3 Å². The Kier molecular flexibility index (Phi) is 26.5. The Labute approximate surface area is 676 Å². The van der Waals surface area contributed by atoms with E-state index < -0.39 is 56.8 Å². The van der Waals surface area contributed by atoms with Crippen molar-refractivity contribution >= 4 is 24.6 Å². The molecule has 16 rings (SSSR count). The Morgan fingerprint density at radius 2 is 0.717 bits per heavy atom. The highest BCUT2D eigenvalue weighted by Crippen LogP contribution is 2.37. The minimum absolute atomic E-state index is 0.0724. The highest BCUT2D eigenvalue weighted by molar-refractivity contribution is 6.03. The molecule has 28 heteroatoms. The topological polar surface area (TPSA) is 392 Å². The van der Waals surface area contributed by atoms with Gasteiger partial charge in [-0.05, 0) is 223 Å². The van der Waals surface area contributed by atoms with E-state index in [-0.39, 0.29) is 34.5 Å². The normalized spacial score (nSPS) is 11.0. The number of pyridine rings is 5. The first-order valence-corrected chi connectivity index (χ1v) is 36.1. The number of nitrogens with zero attached hydrogens (tertiary/aromatic N) is 3. The van der Waals surface area contributed by atoms with Crippen molar-refractivity contribution in [3.63, 3.8) is 0 Å². The second-order valence-electron chi connectivity index (χ2n) is 26.4. The van der Waals surface area contributed by atoms with Crippen molar-refractivity contribution in [1.82, 2.24) is 24.9 Å². The van der Waals surface area contributed by atoms with Crippen molar-refractivity contribution < 1.29 is 72.1 Å². The monoisotopic (exact) mass is 1610 g/mol. The fraction of sp³-hybridized carbons (Fsp3) is 0.0326. The van der Waals surface area contributed by atoms with E-state index in [0.29, 0.717) is 117 Å². The summed E-state index contributed by atoms with van der Waals surface area (Å²) in [5, 5.41) is 68.9. The van der Waals surface area contributed by atoms with E-state index in [9.17, 15) is 81.5 Å². The molecular weight excluding hydrogens is 1550 g/mol. The lowest BCUT2D eigenvalue weighted by Crippen LogP contribution is -2.10. The third kappa shape index (κ3) is 21.2. The third-order valence-corrected chi connectivity index (χ3v) is 18.4. The Morgan fingerprint density at radius 1 is 0.358 bits per heavy atom. The van der Waals surface area contributed by atoms with Gasteiger partial charge in [0.15, 0.2) is 28.7 Å². The fourth-order valence-corrected chi connectivity index (χ4v) is 12.4. The molecule has 0 unspecified atom stereocenters. The van der Waals surface area contributed by atoms with Crippen molar-refractivity contribution in [2.24, 2.45) is 15.4 Å². The number of carboxylic acid groups (broad SMARTS) is 1. The van der Waals surface area contributed by atoms with Crippen molar-refractivity contribution in [1.29, 1.82) is 0 Å². The molecule has 15 aromatic rings. The number of aromatic carboxylic acids is 1. The molecule has 10 aromatic carbocycles. The van der Waals surface area contributed by atoms with E-state index in [0.717, 1.165) is 50.2 Å². The van der Waals surface area contributed by atoms with Crippen molar-refractivity contribution in [3.05, 3.63) is 394 Å². The van der Waals surface area contributed by atoms with Crippen molar-refractivity contribution in [2.75, 3.05) is 6.54 Å². The van der Waals surface area contributed by atoms with Crippen LogP contribution in [0.2, 0.25) is 0 Å². The number of carboxylic acids is 1. The molecule has 0 atom stereocenters. The van der Waals surface area contributed by atoms with E-state index in [1.54, 1.807) is 97.1 Å². The molecule has 598 valence electrons. The predicted molar refractivity (Wildman–Crippen MR) is 442 cm³/mol. The number of hydrogen-bond donors (Lipinski definition) is 11. The molecule has 120 heavy (non-hydrogen) atoms. The fourth-order valence-electron chi connectivity index (χ4n) is 12.4. The SMILES string of the molecule is O=C(O)c1cccc(-c2cc(O)c(=O)[nH]c2-c2ccc(F)cc2)c1.O=COc1ccc(-c2cc(O)c(=O)[nH]c2-c2ccc(OC=O)cc2)cc1.O=c1[nH]c(-c2ccc(C3=NN=NC3)cc2)c(-c2ccc(F)cc2)cc1O.O=c1[nH]c(Cc2ccc(-c3ccccc3)cc2)c(-c2ccc(F)cc2)cc1O.O=c1[nH]cc(Cc2ccc(F)cc2)cc1O. The van der Waals surface area contributed by atoms with E-state index >= 15 is 0 Å². The zero-order valence-electron chi connectivity index (χ0n) is 62.5. The van der Waals surface area contributed by atoms with Gasteiger partial charge in [-0.3, -0.25) is 33.6 Å². The Morgan fingerprint density at radius 3 is 1.17 bits per heavy atom. The van der Waals surface area contributed by atoms with E-state index in [4.69, 9.17) is 14.6 Å². The minimum Gasteiger partial charge on any atom is -0.503 e. The highest BCUT2D eigenvalue weighted by atomic mass is 19.1. The molecule has 0 aliphatic carbocycles. The summed E-state index contributed by atoms with van der Waals surface area (Å²) in [4.78, 5) is 103. The molecule has 0 saturated carbocycles. The number of aromatic amines is 5. The van der Waals surface area contributed by atoms with Gasteiger partial charge in [0.05, 0.1) is 28.4 Å². The molecule has 5 aromatic heterocycles. The van der Waals surface area contributed by atoms with Gasteiger partial charge in [0, 0.05) is 40.6 Å². The van der Waals surface area contributed by atoms with Gasteiger partial charge < -0.3 is 65.0 Å². The maximum Gasteiger partial charge on any atom is 0.335 e. The standard InChI is InChI=1S/C24H18FNO2.C19H13FN4O2.C19H13NO6.C18H12FNO4.C12H10FNO2/c25-20-12-10-19(11-13-20)21-15-23(27)24(28)26-22(21)14-16-6-8-18(9-7-16)17-4-2-1-3-5-17;20-14-7-5-11(6-8-14)15-9-17(25)19(26)22-18(15)13-3-1-12(2-4-13)16-10-21-24-23-16;21-10-25-14-5-1-12(2-6-14)16-9-17(23)19(24)20-18(16)13-3-7-15(8-4-13)26-11-22;19-13-6-4-10(5-7-13)16-14(9-15(21)17(22)20-16)11-2-1-3-12(8-11)18(23)24;13-10-3-1-8(2-4-10)5-9-6-11(15)12(16)14-7-9/h1-13,15,27H,14H2,(H,26,28);1-9,25H,10H2,(H,22,26);1-11,23H,(H,20,24);1-9,21H,(H,20,22)(H,23,24);1-4,6-7,15H,5H2,(H,14,16). The van der Waals surface area contributed by atoms with Crippen LogP contribution in [0.3, 0.4) is 0 Å². The van der Waals surface area contributed by atoms with Crippen molar-refractivity contribution in [3.8, 4) is 130 Å². The lowest BCUT2D eigenvalue weighted by atomic mass is 9.97. The Balaban J connectivity index is 0.000000139. The number of halogens is 4. The van der Waals surface area contributed by atoms with Gasteiger partial charge in [0.1, 0.15) is 41.3 Å². The molecule has 1 aliphatic rings. The highest BCUT2D eigenvalue weighted by Gasteiger charge is 2.19. The maximum absolute atomic E-state index is 13.3. The van der Waals surface area contributed by atoms with Crippen molar-refractivity contribution in [2.45, 2.75) is 12.8 Å². The number of nitrogens with one attached hydrogen (secondary N) is 5. The largest absolute Gasteiger partial charge is 0.503 e. The van der Waals surface area contributed by atoms with Crippen LogP contribution >= 0.6 is 0 Å². The zero-order chi connectivity index (χ0) is 84.9.